The highest BCUT2D eigenvalue weighted by Crippen LogP contribution is 2.32. The fourth-order valence-corrected chi connectivity index (χ4v) is 3.70. The van der Waals surface area contributed by atoms with Gasteiger partial charge in [-0.05, 0) is 55.7 Å². The van der Waals surface area contributed by atoms with Crippen molar-refractivity contribution >= 4 is 24.0 Å². The van der Waals surface area contributed by atoms with E-state index < -0.39 is 0 Å². The molecular weight excluding hydrogens is 300 g/mol. The molecule has 2 aliphatic heterocycles. The number of hydrogen-bond acceptors (Lipinski definition) is 3. The third kappa shape index (κ3) is 4.45. The van der Waals surface area contributed by atoms with Crippen LogP contribution in [0.4, 0.5) is 5.69 Å². The number of anilines is 1. The van der Waals surface area contributed by atoms with E-state index in [9.17, 15) is 4.79 Å². The summed E-state index contributed by atoms with van der Waals surface area (Å²) in [5.41, 5.74) is 1.93. The summed E-state index contributed by atoms with van der Waals surface area (Å²) in [4.78, 5) is 12.2. The maximum atomic E-state index is 12.2. The van der Waals surface area contributed by atoms with E-state index in [1.165, 1.54) is 12.8 Å². The molecule has 1 amide bonds. The summed E-state index contributed by atoms with van der Waals surface area (Å²) in [5.74, 6) is 0.647. The van der Waals surface area contributed by atoms with Crippen molar-refractivity contribution in [3.05, 3.63) is 29.8 Å². The second-order valence-electron chi connectivity index (χ2n) is 6.40. The number of piperidine rings is 1. The van der Waals surface area contributed by atoms with E-state index in [1.54, 1.807) is 0 Å². The summed E-state index contributed by atoms with van der Waals surface area (Å²) >= 11 is 0. The van der Waals surface area contributed by atoms with Gasteiger partial charge in [-0.3, -0.25) is 4.79 Å². The monoisotopic (exact) mass is 324 g/mol. The van der Waals surface area contributed by atoms with E-state index in [0.717, 1.165) is 24.1 Å². The number of carbonyl (C=O) groups excluding carboxylic acids is 1. The molecule has 2 heterocycles. The molecule has 2 bridgehead atoms. The Kier molecular flexibility index (Phi) is 6.24. The van der Waals surface area contributed by atoms with Gasteiger partial charge in [-0.1, -0.05) is 12.1 Å². The Balaban J connectivity index is 0.00000176. The molecule has 0 radical (unpaired) electrons. The molecule has 3 N–H and O–H groups in total. The summed E-state index contributed by atoms with van der Waals surface area (Å²) in [5, 5.41) is 15.5. The highest BCUT2D eigenvalue weighted by molar-refractivity contribution is 5.90. The third-order valence-electron chi connectivity index (χ3n) is 4.68. The molecule has 2 unspecified atom stereocenters. The van der Waals surface area contributed by atoms with Gasteiger partial charge in [0.15, 0.2) is 0 Å². The Morgan fingerprint density at radius 3 is 2.41 bits per heavy atom. The minimum absolute atomic E-state index is 0. The van der Waals surface area contributed by atoms with Gasteiger partial charge in [-0.15, -0.1) is 12.4 Å². The summed E-state index contributed by atoms with van der Waals surface area (Å²) in [6.45, 7) is 0.157. The first kappa shape index (κ1) is 17.3. The molecule has 1 aromatic carbocycles. The second kappa shape index (κ2) is 7.95. The van der Waals surface area contributed by atoms with E-state index in [2.05, 4.69) is 10.6 Å². The van der Waals surface area contributed by atoms with Crippen LogP contribution in [0.5, 0.6) is 0 Å². The number of benzene rings is 1. The van der Waals surface area contributed by atoms with Gasteiger partial charge in [-0.25, -0.2) is 0 Å². The number of amides is 1. The molecule has 4 nitrogen and oxygen atoms in total. The first-order valence-corrected chi connectivity index (χ1v) is 7.98. The first-order chi connectivity index (χ1) is 10.2. The van der Waals surface area contributed by atoms with Gasteiger partial charge in [0, 0.05) is 30.8 Å². The highest BCUT2D eigenvalue weighted by Gasteiger charge is 2.34. The standard InChI is InChI=1S/C17H24N2O2.ClH/c20-8-7-12-1-3-14(4-2-12)19-17(21)11-13-9-15-5-6-16(10-13)18-15;/h1-4,13,15-16,18,20H,5-11H2,(H,19,21);1H. The Bertz CT molecular complexity index is 480. The van der Waals surface area contributed by atoms with E-state index >= 15 is 0 Å². The minimum Gasteiger partial charge on any atom is -0.396 e. The Morgan fingerprint density at radius 2 is 1.82 bits per heavy atom. The molecule has 0 saturated carbocycles. The van der Waals surface area contributed by atoms with Crippen molar-refractivity contribution in [1.82, 2.24) is 5.32 Å². The largest absolute Gasteiger partial charge is 0.396 e. The average molecular weight is 325 g/mol. The minimum atomic E-state index is 0. The van der Waals surface area contributed by atoms with Crippen molar-refractivity contribution in [3.8, 4) is 0 Å². The van der Waals surface area contributed by atoms with Crippen molar-refractivity contribution in [2.75, 3.05) is 11.9 Å². The summed E-state index contributed by atoms with van der Waals surface area (Å²) in [7, 11) is 0. The Morgan fingerprint density at radius 1 is 1.18 bits per heavy atom. The zero-order valence-electron chi connectivity index (χ0n) is 12.8. The normalized spacial score (nSPS) is 26.3. The van der Waals surface area contributed by atoms with Crippen molar-refractivity contribution in [3.63, 3.8) is 0 Å². The molecule has 0 spiro atoms. The molecule has 1 aromatic rings. The molecule has 3 rings (SSSR count). The zero-order valence-corrected chi connectivity index (χ0v) is 13.6. The van der Waals surface area contributed by atoms with Gasteiger partial charge >= 0.3 is 0 Å². The van der Waals surface area contributed by atoms with Crippen LogP contribution in [0.25, 0.3) is 0 Å². The van der Waals surface area contributed by atoms with Crippen LogP contribution in [0.1, 0.15) is 37.7 Å². The van der Waals surface area contributed by atoms with Gasteiger partial charge < -0.3 is 15.7 Å². The smallest absolute Gasteiger partial charge is 0.224 e. The maximum absolute atomic E-state index is 12.2. The summed E-state index contributed by atoms with van der Waals surface area (Å²) < 4.78 is 0. The van der Waals surface area contributed by atoms with E-state index in [0.29, 0.717) is 30.8 Å². The molecule has 2 saturated heterocycles. The van der Waals surface area contributed by atoms with Crippen molar-refractivity contribution in [2.45, 2.75) is 50.6 Å². The predicted octanol–water partition coefficient (Wildman–Crippen LogP) is 2.50. The van der Waals surface area contributed by atoms with Crippen molar-refractivity contribution in [1.29, 1.82) is 0 Å². The lowest BCUT2D eigenvalue weighted by atomic mass is 9.89. The SMILES string of the molecule is Cl.O=C(CC1CC2CCC(C1)N2)Nc1ccc(CCO)cc1. The molecule has 0 aromatic heterocycles. The van der Waals surface area contributed by atoms with Crippen molar-refractivity contribution in [2.24, 2.45) is 5.92 Å². The lowest BCUT2D eigenvalue weighted by Gasteiger charge is -2.28. The van der Waals surface area contributed by atoms with E-state index in [4.69, 9.17) is 5.11 Å². The van der Waals surface area contributed by atoms with Crippen LogP contribution < -0.4 is 10.6 Å². The second-order valence-corrected chi connectivity index (χ2v) is 6.40. The fraction of sp³-hybridized carbons (Fsp3) is 0.588. The van der Waals surface area contributed by atoms with E-state index in [1.807, 2.05) is 24.3 Å². The lowest BCUT2D eigenvalue weighted by Crippen LogP contribution is -2.39. The number of carbonyl (C=O) groups is 1. The lowest BCUT2D eigenvalue weighted by molar-refractivity contribution is -0.117. The van der Waals surface area contributed by atoms with E-state index in [-0.39, 0.29) is 24.9 Å². The van der Waals surface area contributed by atoms with Crippen LogP contribution in [0.2, 0.25) is 0 Å². The molecule has 2 fully saturated rings. The van der Waals surface area contributed by atoms with Crippen molar-refractivity contribution < 1.29 is 9.90 Å². The van der Waals surface area contributed by atoms with Gasteiger partial charge in [-0.2, -0.15) is 0 Å². The number of aliphatic hydroxyl groups excluding tert-OH is 1. The molecule has 122 valence electrons. The fourth-order valence-electron chi connectivity index (χ4n) is 3.70. The Hall–Kier alpha value is -1.10. The molecule has 2 atom stereocenters. The van der Waals surface area contributed by atoms with Crippen LogP contribution in [0.15, 0.2) is 24.3 Å². The summed E-state index contributed by atoms with van der Waals surface area (Å²) in [6.07, 6.45) is 6.11. The predicted molar refractivity (Wildman–Crippen MR) is 90.4 cm³/mol. The van der Waals surface area contributed by atoms with Crippen LogP contribution in [0, 0.1) is 5.92 Å². The topological polar surface area (TPSA) is 61.4 Å². The van der Waals surface area contributed by atoms with Crippen LogP contribution >= 0.6 is 12.4 Å². The molecule has 2 aliphatic rings. The highest BCUT2D eigenvalue weighted by atomic mass is 35.5. The molecular formula is C17H25ClN2O2. The molecule has 5 heteroatoms. The van der Waals surface area contributed by atoms with Gasteiger partial charge in [0.05, 0.1) is 0 Å². The van der Waals surface area contributed by atoms with Gasteiger partial charge in [0.25, 0.3) is 0 Å². The number of fused-ring (bicyclic) bond motifs is 2. The third-order valence-corrected chi connectivity index (χ3v) is 4.68. The first-order valence-electron chi connectivity index (χ1n) is 7.98. The molecule has 22 heavy (non-hydrogen) atoms. The number of aliphatic hydroxyl groups is 1. The maximum Gasteiger partial charge on any atom is 0.224 e. The quantitative estimate of drug-likeness (QED) is 0.780. The number of hydrogen-bond donors (Lipinski definition) is 3. The molecule has 0 aliphatic carbocycles. The number of nitrogens with one attached hydrogen (secondary N) is 2. The summed E-state index contributed by atoms with van der Waals surface area (Å²) in [6, 6.07) is 9.01. The Labute approximate surface area is 138 Å². The van der Waals surface area contributed by atoms with Crippen LogP contribution in [0.3, 0.4) is 0 Å². The number of halogens is 1. The number of rotatable bonds is 5. The average Bonchev–Trinajstić information content (AvgIpc) is 2.80. The van der Waals surface area contributed by atoms with Crippen LogP contribution in [-0.4, -0.2) is 29.7 Å². The van der Waals surface area contributed by atoms with Crippen LogP contribution in [-0.2, 0) is 11.2 Å². The van der Waals surface area contributed by atoms with Gasteiger partial charge in [0.1, 0.15) is 0 Å². The zero-order chi connectivity index (χ0) is 14.7. The van der Waals surface area contributed by atoms with Gasteiger partial charge in [0.2, 0.25) is 5.91 Å².